The van der Waals surface area contributed by atoms with E-state index in [0.29, 0.717) is 6.42 Å². The van der Waals surface area contributed by atoms with Gasteiger partial charge in [0.05, 0.1) is 28.3 Å². The second kappa shape index (κ2) is 10.5. The number of halogens is 3. The molecular weight excluding hydrogens is 355 g/mol. The van der Waals surface area contributed by atoms with Crippen LogP contribution in [-0.4, -0.2) is 33.8 Å². The zero-order chi connectivity index (χ0) is 19.8. The lowest BCUT2D eigenvalue weighted by atomic mass is 9.93. The molecule has 1 N–H and O–H groups in total. The molecule has 4 nitrogen and oxygen atoms in total. The molecule has 0 aliphatic rings. The molecule has 0 unspecified atom stereocenters. The Morgan fingerprint density at radius 1 is 1.16 bits per heavy atom. The van der Waals surface area contributed by atoms with Gasteiger partial charge >= 0.3 is 12.1 Å². The number of hydrogen-bond acceptors (Lipinski definition) is 3. The van der Waals surface area contributed by atoms with Gasteiger partial charge in [0.1, 0.15) is 6.04 Å². The van der Waals surface area contributed by atoms with Gasteiger partial charge in [-0.05, 0) is 33.1 Å². The van der Waals surface area contributed by atoms with E-state index in [1.54, 1.807) is 20.8 Å². The number of esters is 1. The van der Waals surface area contributed by atoms with Gasteiger partial charge in [-0.15, -0.1) is 0 Å². The van der Waals surface area contributed by atoms with Gasteiger partial charge in [0.15, 0.2) is 0 Å². The number of rotatable bonds is 10. The standard InChI is InChI=1S/C17H32F3NO3S/c1-7-8-9-10-13(15(22)24-11-12(2)3)14(17(18,19)20)21-25(23)16(4,5)6/h12-14,21H,7-11H2,1-6H3/t13-,14-,25-/m0/s1. The highest BCUT2D eigenvalue weighted by Gasteiger charge is 2.49. The van der Waals surface area contributed by atoms with Crippen LogP contribution in [-0.2, 0) is 20.5 Å². The molecule has 0 spiro atoms. The van der Waals surface area contributed by atoms with Gasteiger partial charge in [-0.3, -0.25) is 4.79 Å². The Morgan fingerprint density at radius 3 is 2.12 bits per heavy atom. The smallest absolute Gasteiger partial charge is 0.405 e. The fourth-order valence-corrected chi connectivity index (χ4v) is 2.94. The highest BCUT2D eigenvalue weighted by atomic mass is 32.2. The molecule has 0 aromatic carbocycles. The van der Waals surface area contributed by atoms with Crippen molar-refractivity contribution in [2.75, 3.05) is 6.61 Å². The summed E-state index contributed by atoms with van der Waals surface area (Å²) in [6.45, 7) is 10.4. The summed E-state index contributed by atoms with van der Waals surface area (Å²) in [6.07, 6.45) is -2.63. The maximum atomic E-state index is 13.6. The molecular formula is C17H32F3NO3S. The van der Waals surface area contributed by atoms with Crippen molar-refractivity contribution in [1.29, 1.82) is 0 Å². The van der Waals surface area contributed by atoms with Crippen LogP contribution in [0.3, 0.4) is 0 Å². The highest BCUT2D eigenvalue weighted by Crippen LogP contribution is 2.31. The minimum absolute atomic E-state index is 0.0289. The monoisotopic (exact) mass is 387 g/mol. The van der Waals surface area contributed by atoms with E-state index in [-0.39, 0.29) is 18.9 Å². The number of alkyl halides is 3. The summed E-state index contributed by atoms with van der Waals surface area (Å²) < 4.78 is 59.3. The van der Waals surface area contributed by atoms with Crippen LogP contribution in [0.2, 0.25) is 0 Å². The molecule has 0 saturated heterocycles. The fourth-order valence-electron chi connectivity index (χ4n) is 2.06. The lowest BCUT2D eigenvalue weighted by Gasteiger charge is -2.31. The third kappa shape index (κ3) is 9.58. The van der Waals surface area contributed by atoms with Crippen molar-refractivity contribution < 1.29 is 26.9 Å². The zero-order valence-electron chi connectivity index (χ0n) is 16.0. The molecule has 25 heavy (non-hydrogen) atoms. The number of carbonyl (C=O) groups is 1. The summed E-state index contributed by atoms with van der Waals surface area (Å²) in [5, 5.41) is 0. The van der Waals surface area contributed by atoms with Crippen LogP contribution in [0.4, 0.5) is 13.2 Å². The van der Waals surface area contributed by atoms with E-state index in [1.807, 2.05) is 20.8 Å². The molecule has 0 aromatic rings. The average molecular weight is 388 g/mol. The summed E-state index contributed by atoms with van der Waals surface area (Å²) in [5.41, 5.74) is 0. The Bertz CT molecular complexity index is 434. The largest absolute Gasteiger partial charge is 0.465 e. The van der Waals surface area contributed by atoms with Crippen LogP contribution in [0.15, 0.2) is 0 Å². The molecule has 0 fully saturated rings. The van der Waals surface area contributed by atoms with Crippen molar-refractivity contribution >= 4 is 17.0 Å². The van der Waals surface area contributed by atoms with Crippen molar-refractivity contribution in [2.24, 2.45) is 11.8 Å². The molecule has 0 aliphatic carbocycles. The minimum atomic E-state index is -4.70. The second-order valence-corrected chi connectivity index (χ2v) is 9.64. The van der Waals surface area contributed by atoms with Crippen molar-refractivity contribution in [3.05, 3.63) is 0 Å². The van der Waals surface area contributed by atoms with Gasteiger partial charge < -0.3 is 4.74 Å². The molecule has 0 aromatic heterocycles. The van der Waals surface area contributed by atoms with E-state index in [0.717, 1.165) is 12.8 Å². The highest BCUT2D eigenvalue weighted by molar-refractivity contribution is 7.84. The van der Waals surface area contributed by atoms with Gasteiger partial charge in [-0.25, -0.2) is 8.93 Å². The number of ether oxygens (including phenoxy) is 1. The van der Waals surface area contributed by atoms with Crippen LogP contribution in [0, 0.1) is 11.8 Å². The summed E-state index contributed by atoms with van der Waals surface area (Å²) in [4.78, 5) is 12.3. The van der Waals surface area contributed by atoms with Crippen LogP contribution in [0.25, 0.3) is 0 Å². The lowest BCUT2D eigenvalue weighted by molar-refractivity contribution is -0.180. The van der Waals surface area contributed by atoms with Gasteiger partial charge in [-0.2, -0.15) is 13.2 Å². The molecule has 0 radical (unpaired) electrons. The minimum Gasteiger partial charge on any atom is -0.465 e. The second-order valence-electron chi connectivity index (χ2n) is 7.64. The van der Waals surface area contributed by atoms with Gasteiger partial charge in [0.2, 0.25) is 0 Å². The first-order valence-electron chi connectivity index (χ1n) is 8.72. The molecule has 8 heteroatoms. The van der Waals surface area contributed by atoms with Crippen LogP contribution < -0.4 is 4.72 Å². The van der Waals surface area contributed by atoms with E-state index in [9.17, 15) is 22.2 Å². The molecule has 0 heterocycles. The molecule has 0 rings (SSSR count). The van der Waals surface area contributed by atoms with E-state index in [2.05, 4.69) is 4.72 Å². The zero-order valence-corrected chi connectivity index (χ0v) is 16.9. The van der Waals surface area contributed by atoms with Crippen LogP contribution >= 0.6 is 0 Å². The SMILES string of the molecule is CCCCC[C@H](C(=O)OCC(C)C)[C@H](N[S@@](=O)C(C)(C)C)C(F)(F)F. The third-order valence-corrected chi connectivity index (χ3v) is 5.11. The number of hydrogen-bond donors (Lipinski definition) is 1. The normalized spacial score (nSPS) is 16.6. The van der Waals surface area contributed by atoms with E-state index < -0.39 is 39.8 Å². The first-order valence-corrected chi connectivity index (χ1v) is 9.87. The van der Waals surface area contributed by atoms with Crippen molar-refractivity contribution in [1.82, 2.24) is 4.72 Å². The van der Waals surface area contributed by atoms with Crippen molar-refractivity contribution in [3.63, 3.8) is 0 Å². The van der Waals surface area contributed by atoms with E-state index in [1.165, 1.54) is 0 Å². The summed E-state index contributed by atoms with van der Waals surface area (Å²) in [5.74, 6) is -2.26. The number of unbranched alkanes of at least 4 members (excludes halogenated alkanes) is 2. The topological polar surface area (TPSA) is 55.4 Å². The van der Waals surface area contributed by atoms with E-state index in [4.69, 9.17) is 4.74 Å². The lowest BCUT2D eigenvalue weighted by Crippen LogP contribution is -2.53. The Labute approximate surface area is 151 Å². The first-order chi connectivity index (χ1) is 11.3. The van der Waals surface area contributed by atoms with Gasteiger partial charge in [0.25, 0.3) is 0 Å². The first kappa shape index (κ1) is 24.4. The predicted molar refractivity (Wildman–Crippen MR) is 94.3 cm³/mol. The predicted octanol–water partition coefficient (Wildman–Crippen LogP) is 4.36. The average Bonchev–Trinajstić information content (AvgIpc) is 2.45. The molecule has 0 aliphatic heterocycles. The van der Waals surface area contributed by atoms with Gasteiger partial charge in [0, 0.05) is 0 Å². The summed E-state index contributed by atoms with van der Waals surface area (Å²) in [6, 6.07) is -2.19. The summed E-state index contributed by atoms with van der Waals surface area (Å²) in [7, 11) is -1.95. The third-order valence-electron chi connectivity index (χ3n) is 3.53. The Balaban J connectivity index is 5.43. The molecule has 0 bridgehead atoms. The molecule has 0 saturated carbocycles. The van der Waals surface area contributed by atoms with Crippen LogP contribution in [0.1, 0.15) is 67.2 Å². The quantitative estimate of drug-likeness (QED) is 0.447. The molecule has 3 atom stereocenters. The fraction of sp³-hybridized carbons (Fsp3) is 0.941. The maximum absolute atomic E-state index is 13.6. The van der Waals surface area contributed by atoms with E-state index >= 15 is 0 Å². The Kier molecular flexibility index (Phi) is 10.2. The Hall–Kier alpha value is -0.630. The van der Waals surface area contributed by atoms with Crippen LogP contribution in [0.5, 0.6) is 0 Å². The number of carbonyl (C=O) groups excluding carboxylic acids is 1. The molecule has 150 valence electrons. The van der Waals surface area contributed by atoms with Crippen molar-refractivity contribution in [2.45, 2.75) is 84.2 Å². The maximum Gasteiger partial charge on any atom is 0.405 e. The Morgan fingerprint density at radius 2 is 1.72 bits per heavy atom. The number of nitrogens with one attached hydrogen (secondary N) is 1. The van der Waals surface area contributed by atoms with Crippen molar-refractivity contribution in [3.8, 4) is 0 Å². The summed E-state index contributed by atoms with van der Waals surface area (Å²) >= 11 is 0. The molecule has 0 amide bonds. The van der Waals surface area contributed by atoms with Gasteiger partial charge in [-0.1, -0.05) is 40.0 Å².